The highest BCUT2D eigenvalue weighted by Crippen LogP contribution is 2.39. The Morgan fingerprint density at radius 1 is 0.971 bits per heavy atom. The van der Waals surface area contributed by atoms with Gasteiger partial charge in [0.05, 0.1) is 19.7 Å². The first-order valence-corrected chi connectivity index (χ1v) is 11.8. The second kappa shape index (κ2) is 9.37. The summed E-state index contributed by atoms with van der Waals surface area (Å²) in [5.74, 6) is 3.06. The second-order valence-corrected chi connectivity index (χ2v) is 9.06. The number of ether oxygens (including phenoxy) is 2. The van der Waals surface area contributed by atoms with E-state index in [0.717, 1.165) is 24.6 Å². The minimum absolute atomic E-state index is 0.117. The van der Waals surface area contributed by atoms with Crippen molar-refractivity contribution in [1.82, 2.24) is 14.9 Å². The lowest BCUT2D eigenvalue weighted by molar-refractivity contribution is -0.135. The molecule has 0 bridgehead atoms. The molecule has 8 heteroatoms. The van der Waals surface area contributed by atoms with Crippen LogP contribution in [0.15, 0.2) is 42.5 Å². The van der Waals surface area contributed by atoms with Crippen LogP contribution in [0, 0.1) is 5.92 Å². The van der Waals surface area contributed by atoms with E-state index in [2.05, 4.69) is 34.1 Å². The molecule has 2 atom stereocenters. The molecule has 3 aromatic rings. The fourth-order valence-electron chi connectivity index (χ4n) is 5.23. The van der Waals surface area contributed by atoms with Crippen molar-refractivity contribution in [3.63, 3.8) is 0 Å². The number of hydrogen-bond acceptors (Lipinski definition) is 7. The highest BCUT2D eigenvalue weighted by atomic mass is 16.5. The molecule has 8 nitrogen and oxygen atoms in total. The summed E-state index contributed by atoms with van der Waals surface area (Å²) in [6.07, 6.45) is 2.99. The van der Waals surface area contributed by atoms with Gasteiger partial charge in [0.15, 0.2) is 11.5 Å². The summed E-state index contributed by atoms with van der Waals surface area (Å²) in [6.45, 7) is 2.69. The zero-order chi connectivity index (χ0) is 23.7. The third-order valence-corrected chi connectivity index (χ3v) is 7.15. The molecule has 5 rings (SSSR count). The molecule has 2 fully saturated rings. The second-order valence-electron chi connectivity index (χ2n) is 9.06. The third-order valence-electron chi connectivity index (χ3n) is 7.15. The Morgan fingerprint density at radius 2 is 1.68 bits per heavy atom. The van der Waals surface area contributed by atoms with Crippen LogP contribution in [0.4, 0.5) is 11.8 Å². The molecule has 0 radical (unpaired) electrons. The molecule has 0 unspecified atom stereocenters. The first-order chi connectivity index (χ1) is 16.6. The number of rotatable bonds is 5. The van der Waals surface area contributed by atoms with Crippen LogP contribution in [0.1, 0.15) is 30.7 Å². The van der Waals surface area contributed by atoms with Crippen LogP contribution in [0.3, 0.4) is 0 Å². The van der Waals surface area contributed by atoms with E-state index in [-0.39, 0.29) is 11.8 Å². The molecule has 178 valence electrons. The highest BCUT2D eigenvalue weighted by Gasteiger charge is 2.34. The van der Waals surface area contributed by atoms with E-state index < -0.39 is 0 Å². The maximum absolute atomic E-state index is 13.2. The topological polar surface area (TPSA) is 93.8 Å². The highest BCUT2D eigenvalue weighted by molar-refractivity contribution is 5.91. The number of benzene rings is 2. The molecular formula is C26H31N5O3. The van der Waals surface area contributed by atoms with Gasteiger partial charge in [-0.05, 0) is 36.8 Å². The fraction of sp³-hybridized carbons (Fsp3) is 0.423. The molecule has 0 spiro atoms. The van der Waals surface area contributed by atoms with E-state index >= 15 is 0 Å². The molecule has 2 aliphatic rings. The lowest BCUT2D eigenvalue weighted by Gasteiger charge is -2.36. The molecule has 1 aliphatic carbocycles. The van der Waals surface area contributed by atoms with Crippen molar-refractivity contribution in [3.8, 4) is 11.5 Å². The first-order valence-electron chi connectivity index (χ1n) is 11.8. The largest absolute Gasteiger partial charge is 0.493 e. The number of anilines is 2. The molecule has 2 aromatic carbocycles. The molecule has 1 aromatic heterocycles. The van der Waals surface area contributed by atoms with Gasteiger partial charge >= 0.3 is 0 Å². The van der Waals surface area contributed by atoms with Crippen LogP contribution in [0.2, 0.25) is 0 Å². The Bertz CT molecular complexity index is 1180. The SMILES string of the molecule is COc1cc2nc(N3CCN(C(=O)[C@H]4CC[C@H](c5ccccc5)C4)CC3)nc(N)c2cc1OC. The van der Waals surface area contributed by atoms with Gasteiger partial charge in [0.25, 0.3) is 0 Å². The van der Waals surface area contributed by atoms with Gasteiger partial charge in [-0.15, -0.1) is 0 Å². The summed E-state index contributed by atoms with van der Waals surface area (Å²) in [4.78, 5) is 26.6. The van der Waals surface area contributed by atoms with Crippen LogP contribution in [0.5, 0.6) is 11.5 Å². The van der Waals surface area contributed by atoms with Crippen LogP contribution in [-0.4, -0.2) is 61.2 Å². The molecule has 34 heavy (non-hydrogen) atoms. The molecular weight excluding hydrogens is 430 g/mol. The van der Waals surface area contributed by atoms with E-state index in [4.69, 9.17) is 20.2 Å². The van der Waals surface area contributed by atoms with Crippen molar-refractivity contribution in [2.45, 2.75) is 25.2 Å². The minimum Gasteiger partial charge on any atom is -0.493 e. The molecule has 2 heterocycles. The number of methoxy groups -OCH3 is 2. The quantitative estimate of drug-likeness (QED) is 0.622. The average molecular weight is 462 g/mol. The fourth-order valence-corrected chi connectivity index (χ4v) is 5.23. The predicted molar refractivity (Wildman–Crippen MR) is 132 cm³/mol. The first kappa shape index (κ1) is 22.3. The Balaban J connectivity index is 1.25. The summed E-state index contributed by atoms with van der Waals surface area (Å²) in [5, 5.41) is 0.726. The van der Waals surface area contributed by atoms with Crippen molar-refractivity contribution in [1.29, 1.82) is 0 Å². The summed E-state index contributed by atoms with van der Waals surface area (Å²) >= 11 is 0. The Morgan fingerprint density at radius 3 is 2.38 bits per heavy atom. The zero-order valence-corrected chi connectivity index (χ0v) is 19.7. The zero-order valence-electron chi connectivity index (χ0n) is 19.7. The number of nitrogen functional groups attached to an aromatic ring is 1. The van der Waals surface area contributed by atoms with Crippen molar-refractivity contribution < 1.29 is 14.3 Å². The number of nitrogens with zero attached hydrogens (tertiary/aromatic N) is 4. The van der Waals surface area contributed by atoms with Crippen molar-refractivity contribution in [2.75, 3.05) is 51.0 Å². The number of piperazine rings is 1. The number of hydrogen-bond donors (Lipinski definition) is 1. The van der Waals surface area contributed by atoms with E-state index in [1.165, 1.54) is 5.56 Å². The standard InChI is InChI=1S/C26H31N5O3/c1-33-22-15-20-21(16-23(22)34-2)28-26(29-24(20)27)31-12-10-30(11-13-31)25(32)19-9-8-18(14-19)17-6-4-3-5-7-17/h3-7,15-16,18-19H,8-14H2,1-2H3,(H2,27,28,29)/t18-,19-/m0/s1. The minimum atomic E-state index is 0.117. The normalized spacial score (nSPS) is 20.5. The number of nitrogens with two attached hydrogens (primary N) is 1. The molecule has 2 N–H and O–H groups in total. The summed E-state index contributed by atoms with van der Waals surface area (Å²) in [7, 11) is 3.18. The smallest absolute Gasteiger partial charge is 0.228 e. The van der Waals surface area contributed by atoms with Crippen molar-refractivity contribution in [3.05, 3.63) is 48.0 Å². The number of amides is 1. The number of fused-ring (bicyclic) bond motifs is 1. The maximum Gasteiger partial charge on any atom is 0.228 e. The summed E-state index contributed by atoms with van der Waals surface area (Å²) in [6, 6.07) is 14.2. The number of aromatic nitrogens is 2. The van der Waals surface area contributed by atoms with E-state index in [1.807, 2.05) is 17.0 Å². The molecule has 1 saturated heterocycles. The van der Waals surface area contributed by atoms with Gasteiger partial charge < -0.3 is 25.0 Å². The lowest BCUT2D eigenvalue weighted by Crippen LogP contribution is -2.50. The predicted octanol–water partition coefficient (Wildman–Crippen LogP) is 3.46. The Kier molecular flexibility index (Phi) is 6.13. The number of carbonyl (C=O) groups excluding carboxylic acids is 1. The van der Waals surface area contributed by atoms with Crippen LogP contribution >= 0.6 is 0 Å². The lowest BCUT2D eigenvalue weighted by atomic mass is 9.96. The van der Waals surface area contributed by atoms with Crippen LogP contribution in [0.25, 0.3) is 10.9 Å². The average Bonchev–Trinajstić information content (AvgIpc) is 3.38. The van der Waals surface area contributed by atoms with E-state index in [1.54, 1.807) is 20.3 Å². The third kappa shape index (κ3) is 4.20. The molecule has 1 aliphatic heterocycles. The van der Waals surface area contributed by atoms with Crippen molar-refractivity contribution in [2.24, 2.45) is 5.92 Å². The van der Waals surface area contributed by atoms with Gasteiger partial charge in [-0.3, -0.25) is 4.79 Å². The van der Waals surface area contributed by atoms with E-state index in [9.17, 15) is 4.79 Å². The van der Waals surface area contributed by atoms with E-state index in [0.29, 0.717) is 60.9 Å². The van der Waals surface area contributed by atoms with Gasteiger partial charge in [0.1, 0.15) is 5.82 Å². The molecule has 1 amide bonds. The van der Waals surface area contributed by atoms with Crippen LogP contribution < -0.4 is 20.1 Å². The van der Waals surface area contributed by atoms with Gasteiger partial charge in [-0.1, -0.05) is 30.3 Å². The van der Waals surface area contributed by atoms with Gasteiger partial charge in [0, 0.05) is 43.5 Å². The van der Waals surface area contributed by atoms with Gasteiger partial charge in [-0.25, -0.2) is 4.98 Å². The van der Waals surface area contributed by atoms with Crippen molar-refractivity contribution >= 4 is 28.6 Å². The van der Waals surface area contributed by atoms with Gasteiger partial charge in [0.2, 0.25) is 11.9 Å². The van der Waals surface area contributed by atoms with Crippen LogP contribution in [-0.2, 0) is 4.79 Å². The monoisotopic (exact) mass is 461 g/mol. The number of carbonyl (C=O) groups is 1. The maximum atomic E-state index is 13.2. The Hall–Kier alpha value is -3.55. The Labute approximate surface area is 199 Å². The summed E-state index contributed by atoms with van der Waals surface area (Å²) < 4.78 is 10.8. The molecule has 1 saturated carbocycles. The van der Waals surface area contributed by atoms with Gasteiger partial charge in [-0.2, -0.15) is 4.98 Å². The summed E-state index contributed by atoms with van der Waals surface area (Å²) in [5.41, 5.74) is 8.31.